The second-order valence-corrected chi connectivity index (χ2v) is 4.81. The second kappa shape index (κ2) is 7.72. The number of hydrogen-bond acceptors (Lipinski definition) is 2. The normalized spacial score (nSPS) is 14.5. The molecule has 18 heavy (non-hydrogen) atoms. The predicted octanol–water partition coefficient (Wildman–Crippen LogP) is 3.42. The standard InChI is InChI=1S/C14H21ClFNO/c1-4-5-14(18-3)13(17-2)9-10-8-11(16)6-7-12(10)15/h6-8,13-14,17H,4-5,9H2,1-3H3. The van der Waals surface area contributed by atoms with Crippen molar-refractivity contribution in [3.8, 4) is 0 Å². The van der Waals surface area contributed by atoms with Crippen molar-refractivity contribution in [2.24, 2.45) is 0 Å². The minimum absolute atomic E-state index is 0.110. The van der Waals surface area contributed by atoms with Crippen molar-refractivity contribution in [3.05, 3.63) is 34.6 Å². The van der Waals surface area contributed by atoms with Gasteiger partial charge in [0, 0.05) is 18.2 Å². The molecule has 2 atom stereocenters. The summed E-state index contributed by atoms with van der Waals surface area (Å²) in [4.78, 5) is 0. The van der Waals surface area contributed by atoms with E-state index in [0.29, 0.717) is 11.4 Å². The van der Waals surface area contributed by atoms with Gasteiger partial charge in [0.05, 0.1) is 6.10 Å². The zero-order valence-corrected chi connectivity index (χ0v) is 11.9. The Balaban J connectivity index is 2.81. The Morgan fingerprint density at radius 3 is 2.72 bits per heavy atom. The molecule has 1 rings (SSSR count). The van der Waals surface area contributed by atoms with Crippen LogP contribution in [-0.2, 0) is 11.2 Å². The van der Waals surface area contributed by atoms with Crippen molar-refractivity contribution in [2.45, 2.75) is 38.3 Å². The molecule has 0 bridgehead atoms. The van der Waals surface area contributed by atoms with Gasteiger partial charge in [0.1, 0.15) is 5.82 Å². The highest BCUT2D eigenvalue weighted by molar-refractivity contribution is 6.31. The lowest BCUT2D eigenvalue weighted by Gasteiger charge is -2.26. The van der Waals surface area contributed by atoms with E-state index >= 15 is 0 Å². The van der Waals surface area contributed by atoms with Crippen LogP contribution in [0.25, 0.3) is 0 Å². The smallest absolute Gasteiger partial charge is 0.123 e. The summed E-state index contributed by atoms with van der Waals surface area (Å²) in [6.45, 7) is 2.12. The highest BCUT2D eigenvalue weighted by Gasteiger charge is 2.20. The lowest BCUT2D eigenvalue weighted by molar-refractivity contribution is 0.0633. The largest absolute Gasteiger partial charge is 0.380 e. The van der Waals surface area contributed by atoms with Gasteiger partial charge in [-0.25, -0.2) is 4.39 Å². The molecule has 2 nitrogen and oxygen atoms in total. The number of rotatable bonds is 7. The number of hydrogen-bond donors (Lipinski definition) is 1. The van der Waals surface area contributed by atoms with E-state index in [-0.39, 0.29) is 18.0 Å². The van der Waals surface area contributed by atoms with Gasteiger partial charge in [-0.05, 0) is 43.7 Å². The minimum atomic E-state index is -0.256. The number of methoxy groups -OCH3 is 1. The van der Waals surface area contributed by atoms with Crippen LogP contribution < -0.4 is 5.32 Å². The van der Waals surface area contributed by atoms with Crippen LogP contribution in [0.4, 0.5) is 4.39 Å². The summed E-state index contributed by atoms with van der Waals surface area (Å²) in [5.74, 6) is -0.256. The first-order valence-electron chi connectivity index (χ1n) is 6.26. The molecule has 1 aromatic carbocycles. The van der Waals surface area contributed by atoms with Crippen LogP contribution in [0.1, 0.15) is 25.3 Å². The molecule has 0 aliphatic carbocycles. The number of halogens is 2. The van der Waals surface area contributed by atoms with Crippen LogP contribution in [0.5, 0.6) is 0 Å². The van der Waals surface area contributed by atoms with Crippen LogP contribution in [0.3, 0.4) is 0 Å². The van der Waals surface area contributed by atoms with E-state index < -0.39 is 0 Å². The molecule has 0 heterocycles. The first kappa shape index (κ1) is 15.4. The summed E-state index contributed by atoms with van der Waals surface area (Å²) in [5.41, 5.74) is 0.814. The minimum Gasteiger partial charge on any atom is -0.380 e. The van der Waals surface area contributed by atoms with Gasteiger partial charge >= 0.3 is 0 Å². The quantitative estimate of drug-likeness (QED) is 0.822. The second-order valence-electron chi connectivity index (χ2n) is 4.40. The fourth-order valence-corrected chi connectivity index (χ4v) is 2.32. The molecular weight excluding hydrogens is 253 g/mol. The molecule has 0 fully saturated rings. The monoisotopic (exact) mass is 273 g/mol. The molecule has 1 N–H and O–H groups in total. The van der Waals surface area contributed by atoms with E-state index in [1.54, 1.807) is 13.2 Å². The number of benzene rings is 1. The Morgan fingerprint density at radius 2 is 2.17 bits per heavy atom. The molecule has 0 spiro atoms. The Hall–Kier alpha value is -0.640. The molecule has 0 aromatic heterocycles. The van der Waals surface area contributed by atoms with Crippen LogP contribution in [0.2, 0.25) is 5.02 Å². The van der Waals surface area contributed by atoms with Gasteiger partial charge < -0.3 is 10.1 Å². The van der Waals surface area contributed by atoms with Crippen molar-refractivity contribution < 1.29 is 9.13 Å². The molecule has 4 heteroatoms. The number of likely N-dealkylation sites (N-methyl/N-ethyl adjacent to an activating group) is 1. The van der Waals surface area contributed by atoms with E-state index in [9.17, 15) is 4.39 Å². The first-order valence-corrected chi connectivity index (χ1v) is 6.64. The lowest BCUT2D eigenvalue weighted by atomic mass is 9.98. The molecule has 0 amide bonds. The van der Waals surface area contributed by atoms with E-state index in [1.165, 1.54) is 12.1 Å². The Morgan fingerprint density at radius 1 is 1.44 bits per heavy atom. The summed E-state index contributed by atoms with van der Waals surface area (Å²) in [6.07, 6.45) is 2.79. The zero-order chi connectivity index (χ0) is 13.5. The van der Waals surface area contributed by atoms with Crippen LogP contribution in [0, 0.1) is 5.82 Å². The predicted molar refractivity (Wildman–Crippen MR) is 73.7 cm³/mol. The number of nitrogens with one attached hydrogen (secondary N) is 1. The lowest BCUT2D eigenvalue weighted by Crippen LogP contribution is -2.40. The van der Waals surface area contributed by atoms with Gasteiger partial charge in [-0.1, -0.05) is 24.9 Å². The topological polar surface area (TPSA) is 21.3 Å². The highest BCUT2D eigenvalue weighted by Crippen LogP contribution is 2.20. The average molecular weight is 274 g/mol. The van der Waals surface area contributed by atoms with E-state index in [4.69, 9.17) is 16.3 Å². The third kappa shape index (κ3) is 4.23. The maximum atomic E-state index is 13.2. The van der Waals surface area contributed by atoms with Crippen LogP contribution >= 0.6 is 11.6 Å². The van der Waals surface area contributed by atoms with Gasteiger partial charge in [0.15, 0.2) is 0 Å². The maximum Gasteiger partial charge on any atom is 0.123 e. The maximum absolute atomic E-state index is 13.2. The number of ether oxygens (including phenoxy) is 1. The molecule has 0 saturated heterocycles. The summed E-state index contributed by atoms with van der Waals surface area (Å²) in [6, 6.07) is 4.60. The molecule has 0 aliphatic rings. The average Bonchev–Trinajstić information content (AvgIpc) is 2.37. The van der Waals surface area contributed by atoms with Gasteiger partial charge in [-0.15, -0.1) is 0 Å². The summed E-state index contributed by atoms with van der Waals surface area (Å²) in [5, 5.41) is 3.83. The molecule has 1 aromatic rings. The van der Waals surface area contributed by atoms with Crippen molar-refractivity contribution in [3.63, 3.8) is 0 Å². The Labute approximate surface area is 113 Å². The highest BCUT2D eigenvalue weighted by atomic mass is 35.5. The van der Waals surface area contributed by atoms with Crippen molar-refractivity contribution in [2.75, 3.05) is 14.2 Å². The summed E-state index contributed by atoms with van der Waals surface area (Å²) >= 11 is 6.09. The fourth-order valence-electron chi connectivity index (χ4n) is 2.12. The molecule has 102 valence electrons. The van der Waals surface area contributed by atoms with Crippen molar-refractivity contribution in [1.82, 2.24) is 5.32 Å². The molecule has 0 radical (unpaired) electrons. The SMILES string of the molecule is CCCC(OC)C(Cc1cc(F)ccc1Cl)NC. The van der Waals surface area contributed by atoms with E-state index in [2.05, 4.69) is 12.2 Å². The van der Waals surface area contributed by atoms with Gasteiger partial charge in [0.25, 0.3) is 0 Å². The third-order valence-corrected chi connectivity index (χ3v) is 3.51. The van der Waals surface area contributed by atoms with Crippen molar-refractivity contribution in [1.29, 1.82) is 0 Å². The summed E-state index contributed by atoms with van der Waals surface area (Å²) < 4.78 is 18.7. The van der Waals surface area contributed by atoms with Crippen LogP contribution in [0.15, 0.2) is 18.2 Å². The molecule has 2 unspecified atom stereocenters. The summed E-state index contributed by atoms with van der Waals surface area (Å²) in [7, 11) is 3.59. The molecule has 0 aliphatic heterocycles. The van der Waals surface area contributed by atoms with E-state index in [0.717, 1.165) is 18.4 Å². The van der Waals surface area contributed by atoms with Gasteiger partial charge in [-0.2, -0.15) is 0 Å². The van der Waals surface area contributed by atoms with Crippen molar-refractivity contribution >= 4 is 11.6 Å². The van der Waals surface area contributed by atoms with E-state index in [1.807, 2.05) is 7.05 Å². The first-order chi connectivity index (χ1) is 8.62. The Kier molecular flexibility index (Phi) is 6.61. The molecular formula is C14H21ClFNO. The van der Waals surface area contributed by atoms with Crippen LogP contribution in [-0.4, -0.2) is 26.3 Å². The Bertz CT molecular complexity index is 373. The fraction of sp³-hybridized carbons (Fsp3) is 0.571. The molecule has 0 saturated carbocycles. The van der Waals surface area contributed by atoms with Gasteiger partial charge in [0.2, 0.25) is 0 Å². The third-order valence-electron chi connectivity index (χ3n) is 3.14. The zero-order valence-electron chi connectivity index (χ0n) is 11.2. The van der Waals surface area contributed by atoms with Gasteiger partial charge in [-0.3, -0.25) is 0 Å².